The van der Waals surface area contributed by atoms with Crippen molar-refractivity contribution in [3.05, 3.63) is 122 Å². The van der Waals surface area contributed by atoms with Crippen LogP contribution in [0, 0.1) is 0 Å². The molecule has 79 heavy (non-hydrogen) atoms. The summed E-state index contributed by atoms with van der Waals surface area (Å²) in [5.74, 6) is -0.909. The number of carbonyl (C=O) groups excluding carboxylic acids is 3. The molecule has 0 N–H and O–H groups in total. The van der Waals surface area contributed by atoms with Crippen LogP contribution in [0.25, 0.3) is 0 Å². The quantitative estimate of drug-likeness (QED) is 0.0261. The van der Waals surface area contributed by atoms with Crippen LogP contribution >= 0.6 is 0 Å². The monoisotopic (exact) mass is 1090 g/mol. The van der Waals surface area contributed by atoms with Gasteiger partial charge in [0.05, 0.1) is 0 Å². The smallest absolute Gasteiger partial charge is 0.306 e. The van der Waals surface area contributed by atoms with Gasteiger partial charge >= 0.3 is 17.9 Å². The summed E-state index contributed by atoms with van der Waals surface area (Å²) in [5, 5.41) is 0. The Morgan fingerprint density at radius 2 is 0.494 bits per heavy atom. The summed E-state index contributed by atoms with van der Waals surface area (Å²) < 4.78 is 16.9. The third kappa shape index (κ3) is 64.5. The molecule has 0 aliphatic rings. The SMILES string of the molecule is CC/C=C\C/C=C\C/C=C\C/C=C\C/C=C\C/C=C\CCCCCCCCCCCCC(=O)OCC(COC(=O)CCCCCCC/C=C\C/C=C\CCCCC)OC(=O)CCCCCCCCC/C=C\C/C=C\CCCCC. The summed E-state index contributed by atoms with van der Waals surface area (Å²) in [5.41, 5.74) is 0. The highest BCUT2D eigenvalue weighted by Gasteiger charge is 2.19. The van der Waals surface area contributed by atoms with Crippen LogP contribution in [0.1, 0.15) is 303 Å². The Kier molecular flexibility index (Phi) is 62.8. The molecule has 6 heteroatoms. The second-order valence-electron chi connectivity index (χ2n) is 21.6. The lowest BCUT2D eigenvalue weighted by Crippen LogP contribution is -2.30. The van der Waals surface area contributed by atoms with E-state index in [-0.39, 0.29) is 31.1 Å². The second-order valence-corrected chi connectivity index (χ2v) is 21.6. The first-order chi connectivity index (χ1) is 39.0. The fourth-order valence-corrected chi connectivity index (χ4v) is 8.98. The van der Waals surface area contributed by atoms with Crippen LogP contribution < -0.4 is 0 Å². The molecule has 0 rings (SSSR count). The van der Waals surface area contributed by atoms with Gasteiger partial charge in [-0.1, -0.05) is 271 Å². The van der Waals surface area contributed by atoms with Crippen LogP contribution in [0.15, 0.2) is 122 Å². The maximum atomic E-state index is 12.9. The van der Waals surface area contributed by atoms with Crippen LogP contribution in [0.3, 0.4) is 0 Å². The third-order valence-corrected chi connectivity index (χ3v) is 13.9. The minimum Gasteiger partial charge on any atom is -0.462 e. The maximum absolute atomic E-state index is 12.9. The summed E-state index contributed by atoms with van der Waals surface area (Å²) >= 11 is 0. The maximum Gasteiger partial charge on any atom is 0.306 e. The van der Waals surface area contributed by atoms with E-state index in [1.54, 1.807) is 0 Å². The van der Waals surface area contributed by atoms with E-state index in [9.17, 15) is 14.4 Å². The first-order valence-electron chi connectivity index (χ1n) is 33.0. The van der Waals surface area contributed by atoms with Crippen molar-refractivity contribution in [1.29, 1.82) is 0 Å². The topological polar surface area (TPSA) is 78.9 Å². The highest BCUT2D eigenvalue weighted by molar-refractivity contribution is 5.71. The number of allylic oxidation sites excluding steroid dienone is 20. The molecule has 0 amide bonds. The molecule has 0 radical (unpaired) electrons. The molecule has 0 saturated carbocycles. The lowest BCUT2D eigenvalue weighted by Gasteiger charge is -2.18. The number of carbonyl (C=O) groups is 3. The first kappa shape index (κ1) is 74.8. The van der Waals surface area contributed by atoms with E-state index < -0.39 is 6.10 Å². The predicted molar refractivity (Wildman–Crippen MR) is 343 cm³/mol. The normalized spacial score (nSPS) is 12.9. The van der Waals surface area contributed by atoms with Gasteiger partial charge < -0.3 is 14.2 Å². The number of rotatable bonds is 59. The molecule has 0 heterocycles. The lowest BCUT2D eigenvalue weighted by atomic mass is 10.1. The zero-order valence-electron chi connectivity index (χ0n) is 51.6. The van der Waals surface area contributed by atoms with E-state index in [2.05, 4.69) is 142 Å². The van der Waals surface area contributed by atoms with Crippen molar-refractivity contribution >= 4 is 17.9 Å². The molecule has 0 aromatic carbocycles. The van der Waals surface area contributed by atoms with Gasteiger partial charge in [0.15, 0.2) is 6.10 Å². The zero-order chi connectivity index (χ0) is 57.1. The summed E-state index contributed by atoms with van der Waals surface area (Å²) in [6.45, 7) is 6.47. The average Bonchev–Trinajstić information content (AvgIpc) is 3.45. The predicted octanol–water partition coefficient (Wildman–Crippen LogP) is 22.8. The van der Waals surface area contributed by atoms with Gasteiger partial charge in [-0.2, -0.15) is 0 Å². The fraction of sp³-hybridized carbons (Fsp3) is 0.685. The molecule has 450 valence electrons. The Morgan fingerprint density at radius 3 is 0.772 bits per heavy atom. The van der Waals surface area contributed by atoms with Crippen molar-refractivity contribution in [2.24, 2.45) is 0 Å². The molecular weight excluding hydrogens is 973 g/mol. The zero-order valence-corrected chi connectivity index (χ0v) is 51.6. The number of ether oxygens (including phenoxy) is 3. The molecule has 0 aliphatic heterocycles. The van der Waals surface area contributed by atoms with Crippen molar-refractivity contribution in [3.8, 4) is 0 Å². The van der Waals surface area contributed by atoms with Crippen molar-refractivity contribution in [3.63, 3.8) is 0 Å². The van der Waals surface area contributed by atoms with Gasteiger partial charge in [0.25, 0.3) is 0 Å². The number of unbranched alkanes of at least 4 members (excludes halogenated alkanes) is 28. The number of hydrogen-bond donors (Lipinski definition) is 0. The van der Waals surface area contributed by atoms with Crippen molar-refractivity contribution in [1.82, 2.24) is 0 Å². The molecule has 0 saturated heterocycles. The van der Waals surface area contributed by atoms with Gasteiger partial charge in [-0.25, -0.2) is 0 Å². The van der Waals surface area contributed by atoms with Crippen LogP contribution in [0.5, 0.6) is 0 Å². The molecule has 0 spiro atoms. The molecule has 6 nitrogen and oxygen atoms in total. The van der Waals surface area contributed by atoms with Crippen LogP contribution in [-0.4, -0.2) is 37.2 Å². The minimum atomic E-state index is -0.794. The molecule has 0 aromatic heterocycles. The summed E-state index contributed by atoms with van der Waals surface area (Å²) in [6.07, 6.45) is 92.0. The summed E-state index contributed by atoms with van der Waals surface area (Å²) in [7, 11) is 0. The van der Waals surface area contributed by atoms with E-state index in [0.717, 1.165) is 135 Å². The Balaban J connectivity index is 4.34. The third-order valence-electron chi connectivity index (χ3n) is 13.9. The van der Waals surface area contributed by atoms with E-state index >= 15 is 0 Å². The average molecular weight is 1100 g/mol. The molecule has 1 atom stereocenters. The fourth-order valence-electron chi connectivity index (χ4n) is 8.98. The first-order valence-corrected chi connectivity index (χ1v) is 33.0. The Hall–Kier alpha value is -4.19. The Bertz CT molecular complexity index is 1640. The van der Waals surface area contributed by atoms with Gasteiger partial charge in [0.2, 0.25) is 0 Å². The number of esters is 3. The largest absolute Gasteiger partial charge is 0.462 e. The second kappa shape index (κ2) is 66.3. The van der Waals surface area contributed by atoms with E-state index in [1.807, 2.05) is 0 Å². The van der Waals surface area contributed by atoms with Crippen LogP contribution in [0.2, 0.25) is 0 Å². The Labute approximate surface area is 488 Å². The van der Waals surface area contributed by atoms with Gasteiger partial charge in [0.1, 0.15) is 13.2 Å². The molecule has 1 unspecified atom stereocenters. The highest BCUT2D eigenvalue weighted by Crippen LogP contribution is 2.15. The lowest BCUT2D eigenvalue weighted by molar-refractivity contribution is -0.167. The standard InChI is InChI=1S/C73H122O6/c1-4-7-10-13-16-19-22-25-28-30-31-32-33-34-35-36-37-38-39-40-41-43-45-48-51-54-57-60-63-66-72(75)78-69-70(68-77-71(74)65-62-59-56-53-50-47-44-27-24-21-18-15-12-9-6-3)79-73(76)67-64-61-58-55-52-49-46-42-29-26-23-20-17-14-11-8-5-2/h7,10,16-21,25-29,31-32,34-35,37-38,44,70H,4-6,8-9,11-15,22-24,30,33,36,39-43,45-69H2,1-3H3/b10-7-,19-16-,20-17-,21-18-,28-25-,29-26-,32-31-,35-34-,38-37-,44-27-. The van der Waals surface area contributed by atoms with Crippen molar-refractivity contribution in [2.75, 3.05) is 13.2 Å². The molecule has 0 aliphatic carbocycles. The summed E-state index contributed by atoms with van der Waals surface area (Å²) in [6, 6.07) is 0. The molecule has 0 fully saturated rings. The van der Waals surface area contributed by atoms with Crippen LogP contribution in [0.4, 0.5) is 0 Å². The Morgan fingerprint density at radius 1 is 0.266 bits per heavy atom. The van der Waals surface area contributed by atoms with Gasteiger partial charge in [0, 0.05) is 19.3 Å². The molecule has 0 aromatic rings. The van der Waals surface area contributed by atoms with Gasteiger partial charge in [-0.3, -0.25) is 14.4 Å². The summed E-state index contributed by atoms with van der Waals surface area (Å²) in [4.78, 5) is 38.4. The molecular formula is C73H122O6. The van der Waals surface area contributed by atoms with E-state index in [0.29, 0.717) is 19.3 Å². The minimum absolute atomic E-state index is 0.0894. The van der Waals surface area contributed by atoms with Gasteiger partial charge in [-0.15, -0.1) is 0 Å². The molecule has 0 bridgehead atoms. The van der Waals surface area contributed by atoms with E-state index in [1.165, 1.54) is 128 Å². The van der Waals surface area contributed by atoms with Crippen molar-refractivity contribution < 1.29 is 28.6 Å². The van der Waals surface area contributed by atoms with Crippen molar-refractivity contribution in [2.45, 2.75) is 309 Å². The van der Waals surface area contributed by atoms with Gasteiger partial charge in [-0.05, 0) is 135 Å². The van der Waals surface area contributed by atoms with Crippen LogP contribution in [-0.2, 0) is 28.6 Å². The van der Waals surface area contributed by atoms with E-state index in [4.69, 9.17) is 14.2 Å². The number of hydrogen-bond acceptors (Lipinski definition) is 6. The highest BCUT2D eigenvalue weighted by atomic mass is 16.6.